The van der Waals surface area contributed by atoms with Gasteiger partial charge in [-0.05, 0) is 25.7 Å². The van der Waals surface area contributed by atoms with Crippen LogP contribution >= 0.6 is 0 Å². The van der Waals surface area contributed by atoms with Gasteiger partial charge in [0.2, 0.25) is 15.9 Å². The molecule has 0 aromatic heterocycles. The van der Waals surface area contributed by atoms with Gasteiger partial charge in [0.15, 0.2) is 0 Å². The smallest absolute Gasteiger partial charge is 0.224 e. The van der Waals surface area contributed by atoms with E-state index >= 15 is 0 Å². The maximum atomic E-state index is 12.5. The van der Waals surface area contributed by atoms with Crippen LogP contribution in [0.25, 0.3) is 0 Å². The average Bonchev–Trinajstić information content (AvgIpc) is 2.47. The number of amides is 1. The topological polar surface area (TPSA) is 87.7 Å². The van der Waals surface area contributed by atoms with Gasteiger partial charge in [-0.3, -0.25) is 4.79 Å². The summed E-state index contributed by atoms with van der Waals surface area (Å²) in [5.74, 6) is 0.145. The molecule has 128 valence electrons. The molecule has 22 heavy (non-hydrogen) atoms. The Kier molecular flexibility index (Phi) is 6.61. The molecule has 2 aliphatic heterocycles. The number of hydrogen-bond donors (Lipinski definition) is 2. The molecule has 2 atom stereocenters. The summed E-state index contributed by atoms with van der Waals surface area (Å²) in [5.41, 5.74) is 0. The average molecular weight is 333 g/mol. The Balaban J connectivity index is 1.83. The molecule has 0 radical (unpaired) electrons. The third-order valence-electron chi connectivity index (χ3n) is 4.21. The monoisotopic (exact) mass is 333 g/mol. The van der Waals surface area contributed by atoms with Crippen LogP contribution in [0.3, 0.4) is 0 Å². The Morgan fingerprint density at radius 1 is 1.41 bits per heavy atom. The second-order valence-electron chi connectivity index (χ2n) is 6.12. The van der Waals surface area contributed by atoms with Crippen molar-refractivity contribution in [2.75, 3.05) is 39.1 Å². The van der Waals surface area contributed by atoms with Gasteiger partial charge in [0.25, 0.3) is 0 Å². The van der Waals surface area contributed by atoms with Crippen LogP contribution in [-0.4, -0.2) is 70.4 Å². The second-order valence-corrected chi connectivity index (χ2v) is 7.96. The first kappa shape index (κ1) is 17.7. The summed E-state index contributed by atoms with van der Waals surface area (Å²) in [4.78, 5) is 14.5. The number of piperidine rings is 1. The summed E-state index contributed by atoms with van der Waals surface area (Å²) in [6, 6.07) is 0.234. The molecule has 0 saturated carbocycles. The van der Waals surface area contributed by atoms with E-state index < -0.39 is 10.0 Å². The molecule has 0 aromatic rings. The Labute approximate surface area is 132 Å². The summed E-state index contributed by atoms with van der Waals surface area (Å²) >= 11 is 0. The molecule has 2 heterocycles. The molecule has 0 bridgehead atoms. The molecule has 7 nitrogen and oxygen atoms in total. The standard InChI is InChI=1S/C14H27N3O4S/c1-22(19,20)16-6-5-13-4-2-3-8-17(13)14(18)10-12-11-21-9-7-15-12/h12-13,15-16H,2-11H2,1H3. The van der Waals surface area contributed by atoms with Crippen LogP contribution in [0.2, 0.25) is 0 Å². The van der Waals surface area contributed by atoms with Gasteiger partial charge >= 0.3 is 0 Å². The van der Waals surface area contributed by atoms with Crippen molar-refractivity contribution in [2.24, 2.45) is 0 Å². The van der Waals surface area contributed by atoms with E-state index in [0.29, 0.717) is 32.6 Å². The van der Waals surface area contributed by atoms with E-state index in [0.717, 1.165) is 38.6 Å². The number of carbonyl (C=O) groups excluding carboxylic acids is 1. The Hall–Kier alpha value is -0.700. The van der Waals surface area contributed by atoms with Crippen LogP contribution in [0.5, 0.6) is 0 Å². The molecule has 2 rings (SSSR count). The van der Waals surface area contributed by atoms with E-state index in [9.17, 15) is 13.2 Å². The van der Waals surface area contributed by atoms with E-state index in [1.54, 1.807) is 0 Å². The van der Waals surface area contributed by atoms with E-state index in [2.05, 4.69) is 10.0 Å². The number of carbonyl (C=O) groups is 1. The van der Waals surface area contributed by atoms with Gasteiger partial charge in [0.05, 0.1) is 19.5 Å². The van der Waals surface area contributed by atoms with E-state index in [-0.39, 0.29) is 18.0 Å². The zero-order chi connectivity index (χ0) is 16.0. The first-order valence-corrected chi connectivity index (χ1v) is 9.90. The number of rotatable bonds is 6. The van der Waals surface area contributed by atoms with Gasteiger partial charge < -0.3 is 15.0 Å². The van der Waals surface area contributed by atoms with Crippen LogP contribution < -0.4 is 10.0 Å². The van der Waals surface area contributed by atoms with Gasteiger partial charge in [-0.2, -0.15) is 0 Å². The zero-order valence-corrected chi connectivity index (χ0v) is 14.0. The fourth-order valence-electron chi connectivity index (χ4n) is 3.12. The summed E-state index contributed by atoms with van der Waals surface area (Å²) in [6.45, 7) is 3.24. The molecule has 0 aliphatic carbocycles. The van der Waals surface area contributed by atoms with Crippen LogP contribution in [-0.2, 0) is 19.6 Å². The van der Waals surface area contributed by atoms with Gasteiger partial charge in [0.1, 0.15) is 0 Å². The summed E-state index contributed by atoms with van der Waals surface area (Å²) in [5, 5.41) is 3.30. The van der Waals surface area contributed by atoms with Crippen LogP contribution in [0.15, 0.2) is 0 Å². The highest BCUT2D eigenvalue weighted by molar-refractivity contribution is 7.88. The first-order valence-electron chi connectivity index (χ1n) is 8.01. The lowest BCUT2D eigenvalue weighted by molar-refractivity contribution is -0.136. The predicted octanol–water partition coefficient (Wildman–Crippen LogP) is -0.315. The van der Waals surface area contributed by atoms with Gasteiger partial charge in [-0.1, -0.05) is 0 Å². The van der Waals surface area contributed by atoms with Crippen molar-refractivity contribution in [1.29, 1.82) is 0 Å². The third-order valence-corrected chi connectivity index (χ3v) is 4.94. The normalized spacial score (nSPS) is 26.9. The van der Waals surface area contributed by atoms with Gasteiger partial charge in [-0.25, -0.2) is 13.1 Å². The van der Waals surface area contributed by atoms with Crippen molar-refractivity contribution in [1.82, 2.24) is 14.9 Å². The number of hydrogen-bond acceptors (Lipinski definition) is 5. The zero-order valence-electron chi connectivity index (χ0n) is 13.2. The maximum Gasteiger partial charge on any atom is 0.224 e. The second kappa shape index (κ2) is 8.24. The highest BCUT2D eigenvalue weighted by Crippen LogP contribution is 2.21. The maximum absolute atomic E-state index is 12.5. The quantitative estimate of drug-likeness (QED) is 0.696. The number of sulfonamides is 1. The Bertz CT molecular complexity index is 463. The minimum Gasteiger partial charge on any atom is -0.378 e. The Morgan fingerprint density at radius 2 is 2.23 bits per heavy atom. The fraction of sp³-hybridized carbons (Fsp3) is 0.929. The largest absolute Gasteiger partial charge is 0.378 e. The van der Waals surface area contributed by atoms with Crippen molar-refractivity contribution in [2.45, 2.75) is 44.2 Å². The minimum atomic E-state index is -3.17. The number of likely N-dealkylation sites (tertiary alicyclic amines) is 1. The van der Waals surface area contributed by atoms with Crippen molar-refractivity contribution >= 4 is 15.9 Å². The van der Waals surface area contributed by atoms with E-state index in [4.69, 9.17) is 4.74 Å². The molecular weight excluding hydrogens is 306 g/mol. The van der Waals surface area contributed by atoms with Crippen LogP contribution in [0, 0.1) is 0 Å². The van der Waals surface area contributed by atoms with Crippen molar-refractivity contribution in [3.63, 3.8) is 0 Å². The molecule has 2 fully saturated rings. The number of nitrogens with one attached hydrogen (secondary N) is 2. The van der Waals surface area contributed by atoms with Crippen LogP contribution in [0.4, 0.5) is 0 Å². The molecule has 2 N–H and O–H groups in total. The van der Waals surface area contributed by atoms with Crippen molar-refractivity contribution < 1.29 is 17.9 Å². The van der Waals surface area contributed by atoms with Crippen molar-refractivity contribution in [3.05, 3.63) is 0 Å². The van der Waals surface area contributed by atoms with Crippen LogP contribution in [0.1, 0.15) is 32.1 Å². The lowest BCUT2D eigenvalue weighted by Gasteiger charge is -2.37. The third kappa shape index (κ3) is 5.83. The number of morpholine rings is 1. The van der Waals surface area contributed by atoms with E-state index in [1.165, 1.54) is 0 Å². The summed E-state index contributed by atoms with van der Waals surface area (Å²) in [7, 11) is -3.17. The highest BCUT2D eigenvalue weighted by Gasteiger charge is 2.28. The minimum absolute atomic E-state index is 0.0953. The number of ether oxygens (including phenoxy) is 1. The molecule has 0 aromatic carbocycles. The first-order chi connectivity index (χ1) is 10.5. The SMILES string of the molecule is CS(=O)(=O)NCCC1CCCCN1C(=O)CC1COCCN1. The van der Waals surface area contributed by atoms with Gasteiger partial charge in [-0.15, -0.1) is 0 Å². The predicted molar refractivity (Wildman–Crippen MR) is 84.0 cm³/mol. The van der Waals surface area contributed by atoms with Gasteiger partial charge in [0, 0.05) is 38.1 Å². The van der Waals surface area contributed by atoms with Crippen molar-refractivity contribution in [3.8, 4) is 0 Å². The molecule has 2 unspecified atom stereocenters. The Morgan fingerprint density at radius 3 is 2.91 bits per heavy atom. The molecule has 0 spiro atoms. The molecule has 8 heteroatoms. The lowest BCUT2D eigenvalue weighted by atomic mass is 9.98. The molecule has 2 saturated heterocycles. The highest BCUT2D eigenvalue weighted by atomic mass is 32.2. The fourth-order valence-corrected chi connectivity index (χ4v) is 3.61. The lowest BCUT2D eigenvalue weighted by Crippen LogP contribution is -2.49. The molecule has 1 amide bonds. The number of nitrogens with zero attached hydrogens (tertiary/aromatic N) is 1. The molecule has 2 aliphatic rings. The summed E-state index contributed by atoms with van der Waals surface area (Å²) in [6.07, 6.45) is 5.36. The summed E-state index contributed by atoms with van der Waals surface area (Å²) < 4.78 is 30.2. The molecular formula is C14H27N3O4S. The van der Waals surface area contributed by atoms with E-state index in [1.807, 2.05) is 4.90 Å².